The van der Waals surface area contributed by atoms with Gasteiger partial charge < -0.3 is 0 Å². The number of nitrogens with zero attached hydrogens (tertiary/aromatic N) is 10. The zero-order chi connectivity index (χ0) is 59.8. The molecular weight excluding hydrogens is 1100 g/mol. The van der Waals surface area contributed by atoms with E-state index in [2.05, 4.69) is 229 Å². The number of para-hydroxylation sites is 6. The van der Waals surface area contributed by atoms with E-state index < -0.39 is 0 Å². The molecule has 10 heteroatoms. The van der Waals surface area contributed by atoms with Gasteiger partial charge in [-0.3, -0.25) is 9.13 Å². The minimum atomic E-state index is 0.0894. The van der Waals surface area contributed by atoms with Crippen LogP contribution in [-0.4, -0.2) is 49.0 Å². The number of rotatable bonds is 12. The summed E-state index contributed by atoms with van der Waals surface area (Å²) < 4.78 is 4.49. The highest BCUT2D eigenvalue weighted by Gasteiger charge is 2.41. The Bertz CT molecular complexity index is 4950. The van der Waals surface area contributed by atoms with Gasteiger partial charge in [-0.25, -0.2) is 39.9 Å². The summed E-state index contributed by atoms with van der Waals surface area (Å²) in [4.78, 5) is 41.2. The lowest BCUT2D eigenvalue weighted by atomic mass is 9.60. The number of aryl methyl sites for hydroxylation is 2. The SMILES string of the molecule is CCc1nc2ccccc2n1-c1ccccc1-c1nc(-c2ccccc2)nc(-c2ccc(-c3ccc4c(c3)C3c5ccccc5C4c4cc(-c5ccc(-c6nc(-c7ccccc7)nc(-c7ccccc7-n7c(CC)nc8ccccc87)n6)cc5)ccc43)cc2)n1. The highest BCUT2D eigenvalue weighted by atomic mass is 15.1. The third-order valence-corrected chi connectivity index (χ3v) is 18.0. The van der Waals surface area contributed by atoms with Gasteiger partial charge in [0.1, 0.15) is 11.6 Å². The van der Waals surface area contributed by atoms with Crippen LogP contribution < -0.4 is 0 Å². The van der Waals surface area contributed by atoms with E-state index in [0.717, 1.165) is 102 Å². The van der Waals surface area contributed by atoms with Crippen molar-refractivity contribution in [2.75, 3.05) is 0 Å². The van der Waals surface area contributed by atoms with Gasteiger partial charge in [0.05, 0.1) is 33.4 Å². The van der Waals surface area contributed by atoms with Crippen molar-refractivity contribution in [3.63, 3.8) is 0 Å². The molecular formula is C80H56N10. The highest BCUT2D eigenvalue weighted by molar-refractivity contribution is 5.85. The predicted octanol–water partition coefficient (Wildman–Crippen LogP) is 18.2. The number of aromatic nitrogens is 10. The van der Waals surface area contributed by atoms with Crippen molar-refractivity contribution < 1.29 is 0 Å². The van der Waals surface area contributed by atoms with E-state index in [1.807, 2.05) is 60.7 Å². The molecule has 18 rings (SSSR count). The van der Waals surface area contributed by atoms with E-state index >= 15 is 0 Å². The number of fused-ring (bicyclic) bond motifs is 2. The van der Waals surface area contributed by atoms with Gasteiger partial charge in [0, 0.05) is 58.1 Å². The third-order valence-electron chi connectivity index (χ3n) is 18.0. The van der Waals surface area contributed by atoms with Crippen LogP contribution in [0, 0.1) is 0 Å². The smallest absolute Gasteiger partial charge is 0.166 e. The first kappa shape index (κ1) is 52.7. The van der Waals surface area contributed by atoms with E-state index in [-0.39, 0.29) is 11.8 Å². The number of benzene rings is 11. The molecule has 15 aromatic rings. The molecule has 0 saturated heterocycles. The van der Waals surface area contributed by atoms with E-state index in [9.17, 15) is 0 Å². The van der Waals surface area contributed by atoms with Gasteiger partial charge in [-0.1, -0.05) is 220 Å². The van der Waals surface area contributed by atoms with E-state index in [1.165, 1.54) is 44.5 Å². The minimum absolute atomic E-state index is 0.0894. The summed E-state index contributed by atoms with van der Waals surface area (Å²) in [6.45, 7) is 4.29. The summed E-state index contributed by atoms with van der Waals surface area (Å²) in [5.74, 6) is 5.77. The summed E-state index contributed by atoms with van der Waals surface area (Å²) in [5, 5.41) is 0. The lowest BCUT2D eigenvalue weighted by Crippen LogP contribution is -2.27. The van der Waals surface area contributed by atoms with Crippen molar-refractivity contribution in [2.45, 2.75) is 38.5 Å². The molecule has 3 aliphatic rings. The van der Waals surface area contributed by atoms with Crippen LogP contribution in [0.1, 0.15) is 70.7 Å². The molecule has 0 amide bonds. The van der Waals surface area contributed by atoms with Crippen LogP contribution in [0.15, 0.2) is 267 Å². The first-order valence-electron chi connectivity index (χ1n) is 30.8. The monoisotopic (exact) mass is 1160 g/mol. The summed E-state index contributed by atoms with van der Waals surface area (Å²) >= 11 is 0. The van der Waals surface area contributed by atoms with Gasteiger partial charge in [0.15, 0.2) is 34.9 Å². The van der Waals surface area contributed by atoms with Crippen LogP contribution in [-0.2, 0) is 12.8 Å². The average Bonchev–Trinajstić information content (AvgIpc) is 0.893. The summed E-state index contributed by atoms with van der Waals surface area (Å²) in [6.07, 6.45) is 1.54. The summed E-state index contributed by atoms with van der Waals surface area (Å²) in [6, 6.07) is 94.3. The lowest BCUT2D eigenvalue weighted by molar-refractivity contribution is 0.755. The van der Waals surface area contributed by atoms with Gasteiger partial charge >= 0.3 is 0 Å². The summed E-state index contributed by atoms with van der Waals surface area (Å²) in [7, 11) is 0. The van der Waals surface area contributed by atoms with Crippen LogP contribution >= 0.6 is 0 Å². The molecule has 0 spiro atoms. The van der Waals surface area contributed by atoms with E-state index in [0.29, 0.717) is 34.9 Å². The fourth-order valence-corrected chi connectivity index (χ4v) is 13.8. The molecule has 4 aromatic heterocycles. The molecule has 0 radical (unpaired) electrons. The number of hydrogen-bond acceptors (Lipinski definition) is 8. The molecule has 11 aromatic carbocycles. The maximum atomic E-state index is 5.26. The topological polar surface area (TPSA) is 113 Å². The van der Waals surface area contributed by atoms with Crippen LogP contribution in [0.5, 0.6) is 0 Å². The molecule has 2 atom stereocenters. The van der Waals surface area contributed by atoms with Gasteiger partial charge in [0.25, 0.3) is 0 Å². The Morgan fingerprint density at radius 2 is 0.567 bits per heavy atom. The maximum absolute atomic E-state index is 5.26. The van der Waals surface area contributed by atoms with Gasteiger partial charge in [0.2, 0.25) is 0 Å². The van der Waals surface area contributed by atoms with Crippen LogP contribution in [0.4, 0.5) is 0 Å². The predicted molar refractivity (Wildman–Crippen MR) is 359 cm³/mol. The fraction of sp³-hybridized carbons (Fsp3) is 0.0750. The second-order valence-corrected chi connectivity index (χ2v) is 23.1. The Kier molecular flexibility index (Phi) is 12.7. The third kappa shape index (κ3) is 8.86. The van der Waals surface area contributed by atoms with Gasteiger partial charge in [-0.15, -0.1) is 0 Å². The standard InChI is InChI=1S/C80H56N10/c1-3-71-81-65-29-15-19-33-69(65)89(71)67-31-17-13-27-61(67)79-85-75(51-21-7-5-8-22-51)83-77(87-79)53-39-35-49(36-40-53)55-43-45-59-63(47-55)73-57-25-11-12-26-58(57)74(59)64-48-56(44-46-60(64)73)50-37-41-54(42-38-50)78-84-76(52-23-9-6-10-24-52)86-80(88-78)62-28-14-18-32-68(62)90-70-34-20-16-30-66(70)82-72(90)4-2/h5-48,73-74H,3-4H2,1-2H3. The molecule has 2 bridgehead atoms. The van der Waals surface area contributed by atoms with Crippen molar-refractivity contribution in [1.82, 2.24) is 49.0 Å². The number of imidazole rings is 2. The zero-order valence-corrected chi connectivity index (χ0v) is 49.4. The van der Waals surface area contributed by atoms with Crippen molar-refractivity contribution in [3.8, 4) is 102 Å². The molecule has 90 heavy (non-hydrogen) atoms. The quantitative estimate of drug-likeness (QED) is 0.119. The molecule has 0 aliphatic heterocycles. The van der Waals surface area contributed by atoms with Crippen molar-refractivity contribution >= 4 is 22.1 Å². The first-order valence-corrected chi connectivity index (χ1v) is 30.8. The second kappa shape index (κ2) is 21.7. The van der Waals surface area contributed by atoms with Crippen molar-refractivity contribution in [3.05, 3.63) is 312 Å². The molecule has 10 nitrogen and oxygen atoms in total. The molecule has 2 unspecified atom stereocenters. The normalized spacial score (nSPS) is 13.8. The van der Waals surface area contributed by atoms with Gasteiger partial charge in [-0.2, -0.15) is 0 Å². The van der Waals surface area contributed by atoms with Crippen LogP contribution in [0.25, 0.3) is 124 Å². The van der Waals surface area contributed by atoms with Crippen molar-refractivity contribution in [1.29, 1.82) is 0 Å². The Balaban J connectivity index is 0.693. The van der Waals surface area contributed by atoms with Crippen LogP contribution in [0.2, 0.25) is 0 Å². The Hall–Kier alpha value is -11.6. The molecule has 0 N–H and O–H groups in total. The first-order chi connectivity index (χ1) is 44.5. The number of hydrogen-bond donors (Lipinski definition) is 0. The maximum Gasteiger partial charge on any atom is 0.166 e. The van der Waals surface area contributed by atoms with E-state index in [4.69, 9.17) is 39.9 Å². The average molecular weight is 1160 g/mol. The Morgan fingerprint density at radius 3 is 0.978 bits per heavy atom. The second-order valence-electron chi connectivity index (χ2n) is 23.1. The highest BCUT2D eigenvalue weighted by Crippen LogP contribution is 2.57. The fourth-order valence-electron chi connectivity index (χ4n) is 13.8. The molecule has 426 valence electrons. The zero-order valence-electron chi connectivity index (χ0n) is 49.4. The van der Waals surface area contributed by atoms with E-state index in [1.54, 1.807) is 0 Å². The van der Waals surface area contributed by atoms with Crippen LogP contribution in [0.3, 0.4) is 0 Å². The Morgan fingerprint density at radius 1 is 0.256 bits per heavy atom. The van der Waals surface area contributed by atoms with Crippen molar-refractivity contribution in [2.24, 2.45) is 0 Å². The molecule has 0 fully saturated rings. The lowest BCUT2D eigenvalue weighted by Gasteiger charge is -2.42. The largest absolute Gasteiger partial charge is 0.296 e. The molecule has 0 saturated carbocycles. The molecule has 4 heterocycles. The minimum Gasteiger partial charge on any atom is -0.296 e. The van der Waals surface area contributed by atoms with Gasteiger partial charge in [-0.05, 0) is 116 Å². The summed E-state index contributed by atoms with van der Waals surface area (Å²) in [5.41, 5.74) is 24.2. The Labute approximate surface area is 520 Å². The molecule has 3 aliphatic carbocycles.